The summed E-state index contributed by atoms with van der Waals surface area (Å²) >= 11 is 0. The second-order valence-corrected chi connectivity index (χ2v) is 2.94. The van der Waals surface area contributed by atoms with E-state index in [0.29, 0.717) is 0 Å². The average Bonchev–Trinajstić information content (AvgIpc) is 2.71. The van der Waals surface area contributed by atoms with Crippen LogP contribution in [-0.2, 0) is 0 Å². The van der Waals surface area contributed by atoms with Crippen molar-refractivity contribution in [3.63, 3.8) is 0 Å². The molecule has 1 N–H and O–H groups in total. The lowest BCUT2D eigenvalue weighted by atomic mass is 10.3. The molecule has 1 aliphatic rings. The Labute approximate surface area is 78.1 Å². The summed E-state index contributed by atoms with van der Waals surface area (Å²) in [5.74, 6) is 0.933. The summed E-state index contributed by atoms with van der Waals surface area (Å²) < 4.78 is 0. The van der Waals surface area contributed by atoms with Gasteiger partial charge in [-0.15, -0.1) is 0 Å². The molecular formula is C10H12N3. The number of benzene rings is 1. The van der Waals surface area contributed by atoms with Gasteiger partial charge in [-0.05, 0) is 6.07 Å². The molecule has 0 aromatic heterocycles. The van der Waals surface area contributed by atoms with E-state index < -0.39 is 0 Å². The molecule has 1 aliphatic heterocycles. The first-order chi connectivity index (χ1) is 6.38. The van der Waals surface area contributed by atoms with Crippen molar-refractivity contribution >= 4 is 11.6 Å². The van der Waals surface area contributed by atoms with Crippen molar-refractivity contribution in [3.8, 4) is 0 Å². The summed E-state index contributed by atoms with van der Waals surface area (Å²) in [4.78, 5) is 6.33. The molecule has 0 aliphatic carbocycles. The van der Waals surface area contributed by atoms with Crippen LogP contribution in [-0.4, -0.2) is 26.1 Å². The Kier molecular flexibility index (Phi) is 2.17. The minimum atomic E-state index is 0.868. The molecule has 0 fully saturated rings. The Balaban J connectivity index is 2.17. The minimum Gasteiger partial charge on any atom is -0.354 e. The lowest BCUT2D eigenvalue weighted by Crippen LogP contribution is -2.35. The number of nitrogens with zero attached hydrogens (tertiary/aromatic N) is 2. The van der Waals surface area contributed by atoms with E-state index in [1.807, 2.05) is 36.2 Å². The van der Waals surface area contributed by atoms with Gasteiger partial charge in [-0.2, -0.15) is 0 Å². The second-order valence-electron chi connectivity index (χ2n) is 2.94. The molecule has 0 atom stereocenters. The van der Waals surface area contributed by atoms with E-state index in [4.69, 9.17) is 0 Å². The standard InChI is InChI=1S/C10H12N3/c1-13(10-11-7-8-12-10)9-5-3-2-4-6-9/h2-5H,7-8H2,1H3,(H,11,12). The highest BCUT2D eigenvalue weighted by atomic mass is 15.3. The molecule has 3 heteroatoms. The first-order valence-electron chi connectivity index (χ1n) is 4.37. The van der Waals surface area contributed by atoms with Gasteiger partial charge in [0.25, 0.3) is 0 Å². The van der Waals surface area contributed by atoms with Crippen molar-refractivity contribution in [2.45, 2.75) is 0 Å². The van der Waals surface area contributed by atoms with E-state index in [2.05, 4.69) is 16.4 Å². The smallest absolute Gasteiger partial charge is 0.198 e. The Morgan fingerprint density at radius 2 is 2.46 bits per heavy atom. The lowest BCUT2D eigenvalue weighted by molar-refractivity contribution is 0.951. The molecule has 0 bridgehead atoms. The molecule has 67 valence electrons. The maximum atomic E-state index is 4.32. The zero-order chi connectivity index (χ0) is 9.10. The van der Waals surface area contributed by atoms with E-state index in [9.17, 15) is 0 Å². The van der Waals surface area contributed by atoms with E-state index >= 15 is 0 Å². The topological polar surface area (TPSA) is 27.6 Å². The van der Waals surface area contributed by atoms with E-state index in [1.54, 1.807) is 0 Å². The van der Waals surface area contributed by atoms with Gasteiger partial charge in [-0.1, -0.05) is 18.2 Å². The molecule has 13 heavy (non-hydrogen) atoms. The van der Waals surface area contributed by atoms with E-state index in [0.717, 1.165) is 24.7 Å². The molecule has 0 amide bonds. The third-order valence-corrected chi connectivity index (χ3v) is 2.03. The average molecular weight is 174 g/mol. The van der Waals surface area contributed by atoms with Crippen LogP contribution >= 0.6 is 0 Å². The van der Waals surface area contributed by atoms with Crippen LogP contribution in [0.2, 0.25) is 0 Å². The number of anilines is 1. The Bertz CT molecular complexity index is 305. The predicted octanol–water partition coefficient (Wildman–Crippen LogP) is 0.882. The van der Waals surface area contributed by atoms with Gasteiger partial charge in [-0.3, -0.25) is 4.99 Å². The van der Waals surface area contributed by atoms with Crippen LogP contribution in [0.5, 0.6) is 0 Å². The third-order valence-electron chi connectivity index (χ3n) is 2.03. The van der Waals surface area contributed by atoms with Crippen LogP contribution < -0.4 is 10.2 Å². The number of hydrogen-bond donors (Lipinski definition) is 1. The van der Waals surface area contributed by atoms with Crippen molar-refractivity contribution in [1.82, 2.24) is 5.32 Å². The molecule has 1 aromatic carbocycles. The maximum Gasteiger partial charge on any atom is 0.198 e. The second kappa shape index (κ2) is 3.47. The number of aliphatic imine (C=N–C) groups is 1. The van der Waals surface area contributed by atoms with E-state index in [1.165, 1.54) is 0 Å². The van der Waals surface area contributed by atoms with Gasteiger partial charge in [0, 0.05) is 19.7 Å². The van der Waals surface area contributed by atoms with Gasteiger partial charge in [0.2, 0.25) is 0 Å². The fraction of sp³-hybridized carbons (Fsp3) is 0.300. The first kappa shape index (κ1) is 8.10. The van der Waals surface area contributed by atoms with Crippen molar-refractivity contribution < 1.29 is 0 Å². The third kappa shape index (κ3) is 1.64. The van der Waals surface area contributed by atoms with Crippen LogP contribution in [0.4, 0.5) is 5.69 Å². The summed E-state index contributed by atoms with van der Waals surface area (Å²) in [6, 6.07) is 11.0. The molecule has 1 radical (unpaired) electrons. The minimum absolute atomic E-state index is 0.868. The summed E-state index contributed by atoms with van der Waals surface area (Å²) in [7, 11) is 1.99. The quantitative estimate of drug-likeness (QED) is 0.684. The van der Waals surface area contributed by atoms with Gasteiger partial charge >= 0.3 is 0 Å². The molecule has 2 rings (SSSR count). The van der Waals surface area contributed by atoms with Crippen molar-refractivity contribution in [1.29, 1.82) is 0 Å². The molecule has 1 aromatic rings. The Morgan fingerprint density at radius 3 is 3.08 bits per heavy atom. The monoisotopic (exact) mass is 174 g/mol. The molecule has 0 saturated carbocycles. The summed E-state index contributed by atoms with van der Waals surface area (Å²) in [5.41, 5.74) is 1.04. The molecule has 0 unspecified atom stereocenters. The fourth-order valence-corrected chi connectivity index (χ4v) is 1.32. The SMILES string of the molecule is CN(C1=NCCN1)c1[c]cccc1. The zero-order valence-electron chi connectivity index (χ0n) is 7.62. The van der Waals surface area contributed by atoms with Crippen molar-refractivity contribution in [3.05, 3.63) is 30.3 Å². The number of para-hydroxylation sites is 1. The van der Waals surface area contributed by atoms with Crippen LogP contribution in [0, 0.1) is 6.07 Å². The maximum absolute atomic E-state index is 4.32. The Hall–Kier alpha value is -1.51. The highest BCUT2D eigenvalue weighted by molar-refractivity contribution is 5.96. The summed E-state index contributed by atoms with van der Waals surface area (Å²) in [6.07, 6.45) is 0. The van der Waals surface area contributed by atoms with Crippen LogP contribution in [0.25, 0.3) is 0 Å². The van der Waals surface area contributed by atoms with Crippen molar-refractivity contribution in [2.24, 2.45) is 4.99 Å². The fourth-order valence-electron chi connectivity index (χ4n) is 1.32. The Morgan fingerprint density at radius 1 is 1.54 bits per heavy atom. The number of rotatable bonds is 1. The largest absolute Gasteiger partial charge is 0.354 e. The van der Waals surface area contributed by atoms with Crippen molar-refractivity contribution in [2.75, 3.05) is 25.0 Å². The van der Waals surface area contributed by atoms with E-state index in [-0.39, 0.29) is 0 Å². The van der Waals surface area contributed by atoms with Crippen LogP contribution in [0.1, 0.15) is 0 Å². The van der Waals surface area contributed by atoms with Gasteiger partial charge < -0.3 is 10.2 Å². The highest BCUT2D eigenvalue weighted by Gasteiger charge is 2.11. The molecule has 0 saturated heterocycles. The lowest BCUT2D eigenvalue weighted by Gasteiger charge is -2.18. The molecule has 3 nitrogen and oxygen atoms in total. The normalized spacial score (nSPS) is 15.0. The van der Waals surface area contributed by atoms with Gasteiger partial charge in [0.1, 0.15) is 0 Å². The first-order valence-corrected chi connectivity index (χ1v) is 4.37. The number of hydrogen-bond acceptors (Lipinski definition) is 3. The van der Waals surface area contributed by atoms with Gasteiger partial charge in [0.05, 0.1) is 12.2 Å². The summed E-state index contributed by atoms with van der Waals surface area (Å²) in [5, 5.41) is 3.21. The van der Waals surface area contributed by atoms with Crippen LogP contribution in [0.15, 0.2) is 29.3 Å². The van der Waals surface area contributed by atoms with Gasteiger partial charge in [0.15, 0.2) is 5.96 Å². The molecule has 0 spiro atoms. The zero-order valence-corrected chi connectivity index (χ0v) is 7.62. The molecule has 1 heterocycles. The van der Waals surface area contributed by atoms with Crippen LogP contribution in [0.3, 0.4) is 0 Å². The highest BCUT2D eigenvalue weighted by Crippen LogP contribution is 2.10. The number of guanidine groups is 1. The molecular weight excluding hydrogens is 162 g/mol. The van der Waals surface area contributed by atoms with Gasteiger partial charge in [-0.25, -0.2) is 0 Å². The predicted molar refractivity (Wildman–Crippen MR) is 54.0 cm³/mol. The number of nitrogens with one attached hydrogen (secondary N) is 1. The summed E-state index contributed by atoms with van der Waals surface area (Å²) in [6.45, 7) is 1.80.